The van der Waals surface area contributed by atoms with Gasteiger partial charge in [-0.15, -0.1) is 0 Å². The van der Waals surface area contributed by atoms with Crippen molar-refractivity contribution in [2.75, 3.05) is 0 Å². The summed E-state index contributed by atoms with van der Waals surface area (Å²) in [6.45, 7) is 0. The van der Waals surface area contributed by atoms with Crippen LogP contribution in [0.4, 0.5) is 13.2 Å². The minimum atomic E-state index is -5.08. The summed E-state index contributed by atoms with van der Waals surface area (Å²) in [7, 11) is 0. The van der Waals surface area contributed by atoms with Crippen LogP contribution in [0, 0.1) is 0 Å². The maximum Gasteiger partial charge on any atom is 0.490 e. The van der Waals surface area contributed by atoms with Crippen LogP contribution in [0.15, 0.2) is 0 Å². The lowest BCUT2D eigenvalue weighted by molar-refractivity contribution is -0.192. The molecule has 0 aliphatic carbocycles. The van der Waals surface area contributed by atoms with E-state index in [9.17, 15) is 22.8 Å². The highest BCUT2D eigenvalue weighted by atomic mass is 19.4. The van der Waals surface area contributed by atoms with Gasteiger partial charge >= 0.3 is 18.1 Å². The molecule has 6 nitrogen and oxygen atoms in total. The lowest BCUT2D eigenvalue weighted by Gasteiger charge is -2.03. The van der Waals surface area contributed by atoms with Crippen molar-refractivity contribution in [2.24, 2.45) is 5.73 Å². The fourth-order valence-corrected chi connectivity index (χ4v) is 0.715. The highest BCUT2D eigenvalue weighted by Crippen LogP contribution is 2.13. The van der Waals surface area contributed by atoms with E-state index in [0.29, 0.717) is 19.3 Å². The number of aliphatic carboxylic acids is 2. The number of halogens is 3. The molecule has 0 aliphatic rings. The Labute approximate surface area is 101 Å². The van der Waals surface area contributed by atoms with Crippen LogP contribution in [0.3, 0.4) is 0 Å². The Kier molecular flexibility index (Phi) is 9.77. The van der Waals surface area contributed by atoms with Crippen molar-refractivity contribution in [2.45, 2.75) is 37.9 Å². The molecule has 4 N–H and O–H groups in total. The Bertz CT molecular complexity index is 280. The Morgan fingerprint density at radius 3 is 1.94 bits per heavy atom. The van der Waals surface area contributed by atoms with Gasteiger partial charge in [0.25, 0.3) is 0 Å². The quantitative estimate of drug-likeness (QED) is 0.486. The number of aldehydes is 1. The first kappa shape index (κ1) is 18.7. The van der Waals surface area contributed by atoms with E-state index in [-0.39, 0.29) is 0 Å². The van der Waals surface area contributed by atoms with Gasteiger partial charge in [0.05, 0.1) is 0 Å². The van der Waals surface area contributed by atoms with Crippen molar-refractivity contribution in [3.05, 3.63) is 0 Å². The van der Waals surface area contributed by atoms with E-state index >= 15 is 0 Å². The molecule has 0 aliphatic heterocycles. The van der Waals surface area contributed by atoms with E-state index in [4.69, 9.17) is 20.7 Å². The van der Waals surface area contributed by atoms with Gasteiger partial charge in [-0.05, 0) is 12.8 Å². The fraction of sp³-hybridized carbons (Fsp3) is 0.667. The fourth-order valence-electron chi connectivity index (χ4n) is 0.715. The number of carbonyl (C=O) groups is 3. The van der Waals surface area contributed by atoms with Crippen LogP contribution >= 0.6 is 0 Å². The molecule has 0 saturated heterocycles. The van der Waals surface area contributed by atoms with Crippen LogP contribution in [0.1, 0.15) is 25.7 Å². The molecular formula is C9H14F3NO5. The average molecular weight is 273 g/mol. The summed E-state index contributed by atoms with van der Waals surface area (Å²) >= 11 is 0. The SMILES string of the molecule is N[C@@H](CCCCC=O)C(=O)O.O=C(O)C(F)(F)F. The lowest BCUT2D eigenvalue weighted by Crippen LogP contribution is -2.29. The number of carboxylic acid groups (broad SMARTS) is 2. The molecule has 0 radical (unpaired) electrons. The molecule has 0 aromatic heterocycles. The van der Waals surface area contributed by atoms with Gasteiger partial charge in [-0.3, -0.25) is 4.79 Å². The van der Waals surface area contributed by atoms with Gasteiger partial charge in [-0.2, -0.15) is 13.2 Å². The van der Waals surface area contributed by atoms with E-state index in [0.717, 1.165) is 12.7 Å². The highest BCUT2D eigenvalue weighted by Gasteiger charge is 2.38. The predicted octanol–water partition coefficient (Wildman–Crippen LogP) is 0.791. The van der Waals surface area contributed by atoms with Gasteiger partial charge in [0.1, 0.15) is 12.3 Å². The van der Waals surface area contributed by atoms with Crippen LogP contribution in [-0.4, -0.2) is 40.7 Å². The van der Waals surface area contributed by atoms with Gasteiger partial charge in [0.2, 0.25) is 0 Å². The molecule has 0 aromatic carbocycles. The second-order valence-electron chi connectivity index (χ2n) is 3.20. The van der Waals surface area contributed by atoms with E-state index in [1.807, 2.05) is 0 Å². The van der Waals surface area contributed by atoms with Gasteiger partial charge < -0.3 is 20.7 Å². The summed E-state index contributed by atoms with van der Waals surface area (Å²) in [6, 6.07) is -0.776. The molecular weight excluding hydrogens is 259 g/mol. The number of hydrogen-bond donors (Lipinski definition) is 3. The first-order chi connectivity index (χ1) is 8.12. The van der Waals surface area contributed by atoms with Crippen LogP contribution in [0.2, 0.25) is 0 Å². The Balaban J connectivity index is 0. The predicted molar refractivity (Wildman–Crippen MR) is 53.8 cm³/mol. The average Bonchev–Trinajstić information content (AvgIpc) is 2.23. The largest absolute Gasteiger partial charge is 0.490 e. The Morgan fingerprint density at radius 2 is 1.67 bits per heavy atom. The zero-order valence-electron chi connectivity index (χ0n) is 9.31. The number of nitrogens with two attached hydrogens (primary N) is 1. The van der Waals surface area contributed by atoms with Crippen molar-refractivity contribution in [1.82, 2.24) is 0 Å². The maximum absolute atomic E-state index is 10.6. The maximum atomic E-state index is 10.6. The summed E-state index contributed by atoms with van der Waals surface area (Å²) in [5.41, 5.74) is 5.21. The first-order valence-corrected chi connectivity index (χ1v) is 4.85. The molecule has 18 heavy (non-hydrogen) atoms. The molecule has 0 unspecified atom stereocenters. The second kappa shape index (κ2) is 9.40. The van der Waals surface area contributed by atoms with Crippen molar-refractivity contribution >= 4 is 18.2 Å². The number of carboxylic acids is 2. The van der Waals surface area contributed by atoms with Crippen molar-refractivity contribution in [1.29, 1.82) is 0 Å². The second-order valence-corrected chi connectivity index (χ2v) is 3.20. The molecule has 106 valence electrons. The molecule has 1 atom stereocenters. The molecule has 0 spiro atoms. The number of hydrogen-bond acceptors (Lipinski definition) is 4. The van der Waals surface area contributed by atoms with E-state index in [1.54, 1.807) is 0 Å². The topological polar surface area (TPSA) is 118 Å². The van der Waals surface area contributed by atoms with Crippen molar-refractivity contribution in [3.63, 3.8) is 0 Å². The molecule has 0 heterocycles. The first-order valence-electron chi connectivity index (χ1n) is 4.85. The zero-order chi connectivity index (χ0) is 14.8. The monoisotopic (exact) mass is 273 g/mol. The zero-order valence-corrected chi connectivity index (χ0v) is 9.31. The molecule has 0 amide bonds. The lowest BCUT2D eigenvalue weighted by atomic mass is 10.1. The van der Waals surface area contributed by atoms with Crippen molar-refractivity contribution < 1.29 is 37.8 Å². The summed E-state index contributed by atoms with van der Waals surface area (Å²) in [5.74, 6) is -3.73. The van der Waals surface area contributed by atoms with Gasteiger partial charge in [-0.1, -0.05) is 6.42 Å². The standard InChI is InChI=1S/C7H13NO3.C2HF3O2/c8-6(7(10)11)4-2-1-3-5-9;3-2(4,5)1(6)7/h5-6H,1-4,8H2,(H,10,11);(H,6,7)/t6-;/m0./s1. The third kappa shape index (κ3) is 12.4. The molecule has 0 saturated carbocycles. The summed E-state index contributed by atoms with van der Waals surface area (Å²) in [6.07, 6.45) is -1.89. The Morgan fingerprint density at radius 1 is 1.22 bits per heavy atom. The Hall–Kier alpha value is -1.64. The third-order valence-corrected chi connectivity index (χ3v) is 1.65. The minimum absolute atomic E-state index is 0.448. The smallest absolute Gasteiger partial charge is 0.480 e. The van der Waals surface area contributed by atoms with Crippen LogP contribution < -0.4 is 5.73 Å². The molecule has 0 aromatic rings. The molecule has 0 rings (SSSR count). The molecule has 0 bridgehead atoms. The molecule has 9 heteroatoms. The summed E-state index contributed by atoms with van der Waals surface area (Å²) in [5, 5.41) is 15.5. The van der Waals surface area contributed by atoms with Crippen LogP contribution in [0.5, 0.6) is 0 Å². The van der Waals surface area contributed by atoms with Gasteiger partial charge in [0.15, 0.2) is 0 Å². The number of rotatable bonds is 6. The highest BCUT2D eigenvalue weighted by molar-refractivity contribution is 5.73. The van der Waals surface area contributed by atoms with E-state index < -0.39 is 24.2 Å². The summed E-state index contributed by atoms with van der Waals surface area (Å²) < 4.78 is 31.7. The number of carbonyl (C=O) groups excluding carboxylic acids is 1. The summed E-state index contributed by atoms with van der Waals surface area (Å²) in [4.78, 5) is 28.9. The van der Waals surface area contributed by atoms with E-state index in [1.165, 1.54) is 0 Å². The molecule has 0 fully saturated rings. The van der Waals surface area contributed by atoms with E-state index in [2.05, 4.69) is 0 Å². The van der Waals surface area contributed by atoms with Gasteiger partial charge in [0, 0.05) is 6.42 Å². The normalized spacial score (nSPS) is 12.0. The third-order valence-electron chi connectivity index (χ3n) is 1.65. The van der Waals surface area contributed by atoms with Crippen molar-refractivity contribution in [3.8, 4) is 0 Å². The number of unbranched alkanes of at least 4 members (excludes halogenated alkanes) is 2. The van der Waals surface area contributed by atoms with Crippen LogP contribution in [0.25, 0.3) is 0 Å². The number of alkyl halides is 3. The van der Waals surface area contributed by atoms with Crippen LogP contribution in [-0.2, 0) is 14.4 Å². The minimum Gasteiger partial charge on any atom is -0.480 e. The van der Waals surface area contributed by atoms with Gasteiger partial charge in [-0.25, -0.2) is 4.79 Å².